The number of hydrogen-bond acceptors (Lipinski definition) is 8. The summed E-state index contributed by atoms with van der Waals surface area (Å²) in [4.78, 5) is 17.4. The summed E-state index contributed by atoms with van der Waals surface area (Å²) < 4.78 is 65.6. The van der Waals surface area contributed by atoms with Gasteiger partial charge in [0.2, 0.25) is 0 Å². The average Bonchev–Trinajstić information content (AvgIpc) is 3.41. The van der Waals surface area contributed by atoms with Crippen LogP contribution in [-0.2, 0) is 14.9 Å². The van der Waals surface area contributed by atoms with Gasteiger partial charge < -0.3 is 18.7 Å². The number of ether oxygens (including phenoxy) is 3. The van der Waals surface area contributed by atoms with Gasteiger partial charge in [-0.2, -0.15) is 5.26 Å². The monoisotopic (exact) mass is 498 g/mol. The van der Waals surface area contributed by atoms with Gasteiger partial charge in [0.15, 0.2) is 17.7 Å². The molecule has 0 unspecified atom stereocenters. The minimum Gasteiger partial charge on any atom is -0.471 e. The zero-order chi connectivity index (χ0) is 25.0. The van der Waals surface area contributed by atoms with Crippen molar-refractivity contribution in [2.75, 3.05) is 31.3 Å². The van der Waals surface area contributed by atoms with Crippen molar-refractivity contribution in [3.8, 4) is 23.1 Å². The van der Waals surface area contributed by atoms with Crippen molar-refractivity contribution < 1.29 is 36.7 Å². The summed E-state index contributed by atoms with van der Waals surface area (Å²) in [6.07, 6.45) is 0.712. The van der Waals surface area contributed by atoms with Gasteiger partial charge in [0.25, 0.3) is 5.88 Å². The van der Waals surface area contributed by atoms with E-state index in [4.69, 9.17) is 14.2 Å². The summed E-state index contributed by atoms with van der Waals surface area (Å²) in [7, 11) is 0. The highest BCUT2D eigenvalue weighted by Crippen LogP contribution is 2.62. The van der Waals surface area contributed by atoms with E-state index in [1.54, 1.807) is 0 Å². The number of aromatic nitrogens is 2. The molecule has 2 saturated heterocycles. The van der Waals surface area contributed by atoms with Gasteiger partial charge in [-0.3, -0.25) is 9.88 Å². The van der Waals surface area contributed by atoms with Crippen molar-refractivity contribution in [3.05, 3.63) is 59.9 Å². The number of anilines is 1. The molecule has 4 heterocycles. The Balaban J connectivity index is 1.24. The lowest BCUT2D eigenvalue weighted by Gasteiger charge is -2.17. The summed E-state index contributed by atoms with van der Waals surface area (Å²) in [6.45, 7) is 0.618. The number of halogens is 3. The van der Waals surface area contributed by atoms with Crippen molar-refractivity contribution in [2.45, 2.75) is 11.5 Å². The van der Waals surface area contributed by atoms with E-state index < -0.39 is 46.3 Å². The van der Waals surface area contributed by atoms with Gasteiger partial charge in [-0.15, -0.1) is 0 Å². The Morgan fingerprint density at radius 2 is 2.00 bits per heavy atom. The number of cyclic esters (lactones) is 1. The molecule has 3 aromatic rings. The number of pyridine rings is 1. The Bertz CT molecular complexity index is 1370. The Labute approximate surface area is 202 Å². The molecule has 9 nitrogen and oxygen atoms in total. The summed E-state index contributed by atoms with van der Waals surface area (Å²) >= 11 is 0. The van der Waals surface area contributed by atoms with Crippen molar-refractivity contribution >= 4 is 11.8 Å². The summed E-state index contributed by atoms with van der Waals surface area (Å²) in [5.41, 5.74) is -1.51. The van der Waals surface area contributed by atoms with Crippen LogP contribution in [0.15, 0.2) is 41.2 Å². The molecule has 1 aliphatic carbocycles. The number of amides is 1. The number of fused-ring (bicyclic) bond motifs is 1. The van der Waals surface area contributed by atoms with E-state index in [0.717, 1.165) is 11.0 Å². The van der Waals surface area contributed by atoms with Crippen molar-refractivity contribution in [1.29, 1.82) is 5.26 Å². The zero-order valence-electron chi connectivity index (χ0n) is 18.5. The van der Waals surface area contributed by atoms with Gasteiger partial charge in [-0.1, -0.05) is 6.07 Å². The van der Waals surface area contributed by atoms with E-state index in [-0.39, 0.29) is 36.4 Å². The Morgan fingerprint density at radius 1 is 1.19 bits per heavy atom. The molecule has 184 valence electrons. The van der Waals surface area contributed by atoms with E-state index in [2.05, 4.69) is 20.7 Å². The van der Waals surface area contributed by atoms with Crippen LogP contribution in [0.1, 0.15) is 5.69 Å². The van der Waals surface area contributed by atoms with E-state index in [1.165, 1.54) is 30.7 Å². The Morgan fingerprint density at radius 3 is 2.67 bits per heavy atom. The van der Waals surface area contributed by atoms with Crippen LogP contribution in [0.3, 0.4) is 0 Å². The van der Waals surface area contributed by atoms with Gasteiger partial charge in [-0.25, -0.2) is 18.0 Å². The van der Waals surface area contributed by atoms with Crippen LogP contribution in [0.25, 0.3) is 11.1 Å². The lowest BCUT2D eigenvalue weighted by Crippen LogP contribution is -2.28. The maximum Gasteiger partial charge on any atom is 0.414 e. The zero-order valence-corrected chi connectivity index (χ0v) is 18.5. The maximum atomic E-state index is 15.1. The van der Waals surface area contributed by atoms with Crippen molar-refractivity contribution in [3.63, 3.8) is 0 Å². The molecule has 0 bridgehead atoms. The smallest absolute Gasteiger partial charge is 0.414 e. The number of hydrogen-bond donors (Lipinski definition) is 0. The number of nitrogens with zero attached hydrogens (tertiary/aromatic N) is 4. The first-order chi connectivity index (χ1) is 17.4. The van der Waals surface area contributed by atoms with Crippen LogP contribution in [0.5, 0.6) is 5.88 Å². The molecule has 1 aromatic carbocycles. The van der Waals surface area contributed by atoms with Crippen molar-refractivity contribution in [1.82, 2.24) is 10.1 Å². The van der Waals surface area contributed by atoms with Crippen LogP contribution < -0.4 is 9.64 Å². The predicted octanol–water partition coefficient (Wildman–Crippen LogP) is 3.60. The quantitative estimate of drug-likeness (QED) is 0.474. The molecule has 0 radical (unpaired) electrons. The third-order valence-electron chi connectivity index (χ3n) is 6.94. The molecule has 3 fully saturated rings. The van der Waals surface area contributed by atoms with Crippen LogP contribution in [-0.4, -0.2) is 48.7 Å². The van der Waals surface area contributed by atoms with Gasteiger partial charge in [-0.05, 0) is 11.2 Å². The number of benzene rings is 1. The normalized spacial score (nSPS) is 26.4. The Hall–Kier alpha value is -4.11. The topological polar surface area (TPSA) is 111 Å². The lowest BCUT2D eigenvalue weighted by molar-refractivity contribution is 0.101. The van der Waals surface area contributed by atoms with Crippen LogP contribution in [0.4, 0.5) is 23.7 Å². The maximum absolute atomic E-state index is 15.1. The average molecular weight is 498 g/mol. The fraction of sp³-hybridized carbons (Fsp3) is 0.333. The second-order valence-corrected chi connectivity index (χ2v) is 8.81. The van der Waals surface area contributed by atoms with Gasteiger partial charge >= 0.3 is 6.09 Å². The molecule has 36 heavy (non-hydrogen) atoms. The molecular formula is C24H17F3N4O5. The molecule has 1 saturated carbocycles. The minimum atomic E-state index is -1.47. The van der Waals surface area contributed by atoms with Crippen LogP contribution >= 0.6 is 0 Å². The van der Waals surface area contributed by atoms with E-state index in [0.29, 0.717) is 18.9 Å². The fourth-order valence-electron chi connectivity index (χ4n) is 5.05. The van der Waals surface area contributed by atoms with Gasteiger partial charge in [0.1, 0.15) is 24.1 Å². The van der Waals surface area contributed by atoms with E-state index >= 15 is 13.2 Å². The number of nitriles is 1. The molecule has 2 aromatic heterocycles. The molecule has 12 heteroatoms. The van der Waals surface area contributed by atoms with Crippen LogP contribution in [0.2, 0.25) is 0 Å². The van der Waals surface area contributed by atoms with Gasteiger partial charge in [0.05, 0.1) is 42.8 Å². The Kier molecular flexibility index (Phi) is 5.11. The number of carbonyl (C=O) groups excluding carboxylic acids is 1. The minimum absolute atomic E-state index is 0.00256. The van der Waals surface area contributed by atoms with Crippen LogP contribution in [0, 0.1) is 40.6 Å². The molecule has 0 spiro atoms. The SMILES string of the molecule is N#C[C@]1(c2ccc(-c3c(F)cc(N4C[C@H](COc5ccon5)OC4=O)c(F)c3F)cn2)[C@@H]2COC[C@@H]21. The van der Waals surface area contributed by atoms with Gasteiger partial charge in [0, 0.05) is 35.7 Å². The first-order valence-corrected chi connectivity index (χ1v) is 11.1. The highest BCUT2D eigenvalue weighted by Gasteiger charge is 2.70. The second kappa shape index (κ2) is 8.23. The first-order valence-electron chi connectivity index (χ1n) is 11.1. The summed E-state index contributed by atoms with van der Waals surface area (Å²) in [6, 6.07) is 7.42. The summed E-state index contributed by atoms with van der Waals surface area (Å²) in [5.74, 6) is -3.72. The number of carbonyl (C=O) groups is 1. The molecule has 3 aliphatic rings. The molecular weight excluding hydrogens is 481 g/mol. The second-order valence-electron chi connectivity index (χ2n) is 8.81. The molecule has 1 amide bonds. The van der Waals surface area contributed by atoms with E-state index in [1.807, 2.05) is 0 Å². The van der Waals surface area contributed by atoms with E-state index in [9.17, 15) is 10.1 Å². The molecule has 6 rings (SSSR count). The molecule has 0 N–H and O–H groups in total. The molecule has 2 aliphatic heterocycles. The van der Waals surface area contributed by atoms with Crippen molar-refractivity contribution in [2.24, 2.45) is 11.8 Å². The lowest BCUT2D eigenvalue weighted by atomic mass is 9.96. The highest BCUT2D eigenvalue weighted by molar-refractivity contribution is 5.90. The third-order valence-corrected chi connectivity index (χ3v) is 6.94. The molecule has 4 atom stereocenters. The third kappa shape index (κ3) is 3.30. The fourth-order valence-corrected chi connectivity index (χ4v) is 5.05. The highest BCUT2D eigenvalue weighted by atomic mass is 19.2. The largest absolute Gasteiger partial charge is 0.471 e. The first kappa shape index (κ1) is 22.4. The number of rotatable bonds is 6. The standard InChI is InChI=1S/C24H17F3N4O5/c25-16-5-17(31-7-13(36-23(31)32)8-34-19-3-4-35-30-19)21(26)22(27)20(16)12-1-2-18(29-6-12)24(11-28)14-9-33-10-15(14)24/h1-6,13-15H,7-10H2/t13-,14-,15+,24+/m1/s1. The predicted molar refractivity (Wildman–Crippen MR) is 114 cm³/mol. The summed E-state index contributed by atoms with van der Waals surface area (Å²) in [5, 5.41) is 13.3.